The van der Waals surface area contributed by atoms with Crippen LogP contribution in [-0.2, 0) is 38.1 Å². The highest BCUT2D eigenvalue weighted by atomic mass is 16.7. The maximum absolute atomic E-state index is 14.8. The molecule has 2 bridgehead atoms. The number of aldehydes is 1. The standard InChI is InChI=1S/C31H38O12/c1-16-20(35)14-30(38)26(42-27(37)19-10-8-7-9-11-19)24-29(6,21(12-13-32)43-31(24,39)15-40-17(2)33)25(36)23(41-18(3)34)22(16)28(30,4)5/h7-11,13,20-21,23-24,26,35,38-39H,12,14-15H2,1-6H3/t20-,21-,23+,24-,26-,29+,30+,31+/m0/s1. The topological polar surface area (TPSA) is 183 Å². The van der Waals surface area contributed by atoms with Gasteiger partial charge in [-0.3, -0.25) is 14.4 Å². The van der Waals surface area contributed by atoms with E-state index in [2.05, 4.69) is 0 Å². The van der Waals surface area contributed by atoms with Crippen molar-refractivity contribution in [2.75, 3.05) is 6.61 Å². The Hall–Kier alpha value is -3.45. The van der Waals surface area contributed by atoms with Crippen molar-refractivity contribution in [3.8, 4) is 0 Å². The van der Waals surface area contributed by atoms with Gasteiger partial charge in [-0.15, -0.1) is 0 Å². The van der Waals surface area contributed by atoms with Crippen LogP contribution in [0.4, 0.5) is 0 Å². The molecule has 0 unspecified atom stereocenters. The van der Waals surface area contributed by atoms with E-state index in [4.69, 9.17) is 18.9 Å². The number of aliphatic hydroxyl groups is 3. The first kappa shape index (κ1) is 32.5. The Morgan fingerprint density at radius 3 is 2.23 bits per heavy atom. The van der Waals surface area contributed by atoms with Crippen LogP contribution >= 0.6 is 0 Å². The lowest BCUT2D eigenvalue weighted by Gasteiger charge is -2.58. The summed E-state index contributed by atoms with van der Waals surface area (Å²) in [6.07, 6.45) is -6.63. The first-order valence-corrected chi connectivity index (χ1v) is 14.0. The molecule has 3 N–H and O–H groups in total. The number of ether oxygens (including phenoxy) is 4. The molecule has 0 radical (unpaired) electrons. The first-order chi connectivity index (χ1) is 20.0. The number of ketones is 1. The number of aliphatic hydroxyl groups excluding tert-OH is 1. The van der Waals surface area contributed by atoms with Crippen LogP contribution in [0.2, 0.25) is 0 Å². The minimum atomic E-state index is -2.59. The number of hydrogen-bond acceptors (Lipinski definition) is 12. The highest BCUT2D eigenvalue weighted by molar-refractivity contribution is 5.95. The lowest BCUT2D eigenvalue weighted by atomic mass is 9.49. The molecule has 8 atom stereocenters. The molecule has 234 valence electrons. The molecule has 1 saturated heterocycles. The Kier molecular flexibility index (Phi) is 8.48. The molecule has 3 aliphatic rings. The third-order valence-corrected chi connectivity index (χ3v) is 9.46. The van der Waals surface area contributed by atoms with Crippen molar-refractivity contribution in [1.82, 2.24) is 0 Å². The highest BCUT2D eigenvalue weighted by Gasteiger charge is 2.76. The van der Waals surface area contributed by atoms with Crippen LogP contribution in [0.5, 0.6) is 0 Å². The third kappa shape index (κ3) is 5.09. The van der Waals surface area contributed by atoms with Crippen molar-refractivity contribution in [3.05, 3.63) is 47.0 Å². The fraction of sp³-hybridized carbons (Fsp3) is 0.581. The lowest BCUT2D eigenvalue weighted by molar-refractivity contribution is -0.273. The average Bonchev–Trinajstić information content (AvgIpc) is 3.15. The monoisotopic (exact) mass is 602 g/mol. The molecule has 0 spiro atoms. The molecule has 1 aliphatic heterocycles. The molecule has 0 aromatic heterocycles. The molecule has 2 aliphatic carbocycles. The van der Waals surface area contributed by atoms with Crippen LogP contribution < -0.4 is 0 Å². The van der Waals surface area contributed by atoms with Crippen LogP contribution in [0, 0.1) is 16.7 Å². The molecule has 43 heavy (non-hydrogen) atoms. The first-order valence-electron chi connectivity index (χ1n) is 14.0. The molecule has 4 rings (SSSR count). The number of benzene rings is 1. The zero-order valence-corrected chi connectivity index (χ0v) is 25.0. The van der Waals surface area contributed by atoms with E-state index in [1.165, 1.54) is 19.1 Å². The molecular weight excluding hydrogens is 564 g/mol. The second-order valence-electron chi connectivity index (χ2n) is 12.3. The van der Waals surface area contributed by atoms with Gasteiger partial charge in [-0.05, 0) is 37.1 Å². The van der Waals surface area contributed by atoms with Crippen LogP contribution in [0.3, 0.4) is 0 Å². The number of carbonyl (C=O) groups is 5. The summed E-state index contributed by atoms with van der Waals surface area (Å²) in [7, 11) is 0. The molecule has 0 amide bonds. The van der Waals surface area contributed by atoms with E-state index in [0.29, 0.717) is 6.29 Å². The summed E-state index contributed by atoms with van der Waals surface area (Å²) in [5.41, 5.74) is -5.29. The van der Waals surface area contributed by atoms with E-state index in [9.17, 15) is 39.3 Å². The van der Waals surface area contributed by atoms with Crippen molar-refractivity contribution < 1.29 is 58.2 Å². The van der Waals surface area contributed by atoms with Gasteiger partial charge < -0.3 is 39.1 Å². The van der Waals surface area contributed by atoms with Gasteiger partial charge in [-0.1, -0.05) is 32.0 Å². The van der Waals surface area contributed by atoms with Crippen molar-refractivity contribution in [3.63, 3.8) is 0 Å². The normalized spacial score (nSPS) is 36.6. The SMILES string of the molecule is CC(=O)OC[C@@]1(O)O[C@@H](CC=O)[C@@]2(C)C(=O)[C@H](OC(C)=O)C3=C(C)[C@@H](O)C[C@@](O)([C@@H](OC(=O)c4ccccc4)[C@@H]21)C3(C)C. The Labute approximate surface area is 248 Å². The van der Waals surface area contributed by atoms with Crippen LogP contribution in [0.1, 0.15) is 64.7 Å². The average molecular weight is 603 g/mol. The highest BCUT2D eigenvalue weighted by Crippen LogP contribution is 2.62. The fourth-order valence-electron chi connectivity index (χ4n) is 7.19. The van der Waals surface area contributed by atoms with E-state index < -0.39 is 95.7 Å². The van der Waals surface area contributed by atoms with E-state index >= 15 is 0 Å². The zero-order chi connectivity index (χ0) is 32.1. The summed E-state index contributed by atoms with van der Waals surface area (Å²) in [6, 6.07) is 7.80. The number of fused-ring (bicyclic) bond motifs is 3. The minimum absolute atomic E-state index is 0.0898. The third-order valence-electron chi connectivity index (χ3n) is 9.46. The van der Waals surface area contributed by atoms with Gasteiger partial charge in [0.1, 0.15) is 24.6 Å². The summed E-state index contributed by atoms with van der Waals surface area (Å²) >= 11 is 0. The van der Waals surface area contributed by atoms with Crippen LogP contribution in [0.25, 0.3) is 0 Å². The predicted octanol–water partition coefficient (Wildman–Crippen LogP) is 1.43. The maximum atomic E-state index is 14.8. The molecule has 12 heteroatoms. The fourth-order valence-corrected chi connectivity index (χ4v) is 7.19. The van der Waals surface area contributed by atoms with Gasteiger partial charge in [0.15, 0.2) is 11.9 Å². The second kappa shape index (κ2) is 11.2. The molecule has 1 heterocycles. The summed E-state index contributed by atoms with van der Waals surface area (Å²) in [5, 5.41) is 36.1. The second-order valence-corrected chi connectivity index (χ2v) is 12.3. The van der Waals surface area contributed by atoms with Gasteiger partial charge in [0.05, 0.1) is 29.1 Å². The van der Waals surface area contributed by atoms with E-state index in [0.717, 1.165) is 13.8 Å². The van der Waals surface area contributed by atoms with E-state index in [1.54, 1.807) is 39.0 Å². The number of carbonyl (C=O) groups excluding carboxylic acids is 5. The van der Waals surface area contributed by atoms with Gasteiger partial charge in [0, 0.05) is 32.1 Å². The van der Waals surface area contributed by atoms with Crippen LogP contribution in [-0.4, -0.2) is 87.7 Å². The van der Waals surface area contributed by atoms with Gasteiger partial charge >= 0.3 is 17.9 Å². The summed E-state index contributed by atoms with van der Waals surface area (Å²) in [6.45, 7) is 7.33. The van der Waals surface area contributed by atoms with Gasteiger partial charge in [-0.25, -0.2) is 4.79 Å². The molecule has 1 aromatic rings. The van der Waals surface area contributed by atoms with E-state index in [-0.39, 0.29) is 16.7 Å². The molecule has 12 nitrogen and oxygen atoms in total. The number of esters is 3. The van der Waals surface area contributed by atoms with Gasteiger partial charge in [-0.2, -0.15) is 0 Å². The summed E-state index contributed by atoms with van der Waals surface area (Å²) in [4.78, 5) is 64.5. The molecular formula is C31H38O12. The summed E-state index contributed by atoms with van der Waals surface area (Å²) in [5.74, 6) is -7.67. The predicted molar refractivity (Wildman–Crippen MR) is 147 cm³/mol. The van der Waals surface area contributed by atoms with Crippen molar-refractivity contribution >= 4 is 30.0 Å². The Balaban J connectivity index is 2.08. The van der Waals surface area contributed by atoms with Crippen molar-refractivity contribution in [2.45, 2.75) is 90.2 Å². The number of Topliss-reactive ketones (excluding diaryl/α,β-unsaturated/α-hetero) is 1. The van der Waals surface area contributed by atoms with Gasteiger partial charge in [0.2, 0.25) is 5.79 Å². The van der Waals surface area contributed by atoms with Crippen LogP contribution in [0.15, 0.2) is 41.5 Å². The molecule has 1 aromatic carbocycles. The van der Waals surface area contributed by atoms with Crippen molar-refractivity contribution in [2.24, 2.45) is 16.7 Å². The van der Waals surface area contributed by atoms with Gasteiger partial charge in [0.25, 0.3) is 0 Å². The zero-order valence-electron chi connectivity index (χ0n) is 25.0. The quantitative estimate of drug-likeness (QED) is 0.177. The number of hydrogen-bond donors (Lipinski definition) is 3. The molecule has 2 fully saturated rings. The number of rotatable bonds is 7. The molecule has 1 saturated carbocycles. The van der Waals surface area contributed by atoms with E-state index in [1.807, 2.05) is 0 Å². The summed E-state index contributed by atoms with van der Waals surface area (Å²) < 4.78 is 22.7. The maximum Gasteiger partial charge on any atom is 0.338 e. The Morgan fingerprint density at radius 1 is 1.05 bits per heavy atom. The minimum Gasteiger partial charge on any atom is -0.460 e. The Morgan fingerprint density at radius 2 is 1.67 bits per heavy atom. The largest absolute Gasteiger partial charge is 0.460 e. The lowest BCUT2D eigenvalue weighted by Crippen LogP contribution is -2.71. The Bertz CT molecular complexity index is 1350. The van der Waals surface area contributed by atoms with Crippen molar-refractivity contribution in [1.29, 1.82) is 0 Å². The smallest absolute Gasteiger partial charge is 0.338 e.